The Kier molecular flexibility index (Phi) is 6.70. The van der Waals surface area contributed by atoms with Crippen molar-refractivity contribution in [2.24, 2.45) is 0 Å². The molecule has 2 aromatic carbocycles. The Bertz CT molecular complexity index is 1040. The highest BCUT2D eigenvalue weighted by Crippen LogP contribution is 2.19. The average molecular weight is 432 g/mol. The fourth-order valence-corrected chi connectivity index (χ4v) is 4.52. The molecule has 1 saturated heterocycles. The number of sulfonamides is 1. The number of morpholine rings is 1. The fourth-order valence-electron chi connectivity index (χ4n) is 3.11. The molecule has 1 heterocycles. The molecule has 0 N–H and O–H groups in total. The van der Waals surface area contributed by atoms with E-state index in [-0.39, 0.29) is 16.2 Å². The molecule has 8 heteroatoms. The fraction of sp³-hybridized carbons (Fsp3) is 0.364. The van der Waals surface area contributed by atoms with Gasteiger partial charge < -0.3 is 9.47 Å². The van der Waals surface area contributed by atoms with E-state index in [1.54, 1.807) is 12.1 Å². The molecule has 1 aliphatic heterocycles. The number of hydrogen-bond acceptors (Lipinski definition) is 6. The maximum Gasteiger partial charge on any atom is 0.338 e. The van der Waals surface area contributed by atoms with Crippen LogP contribution in [0.25, 0.3) is 0 Å². The number of Topliss-reactive ketones (excluding diaryl/α,β-unsaturated/α-hetero) is 1. The average Bonchev–Trinajstić information content (AvgIpc) is 2.75. The van der Waals surface area contributed by atoms with E-state index < -0.39 is 22.1 Å². The molecule has 30 heavy (non-hydrogen) atoms. The summed E-state index contributed by atoms with van der Waals surface area (Å²) in [5, 5.41) is 0. The van der Waals surface area contributed by atoms with Gasteiger partial charge in [-0.05, 0) is 62.2 Å². The predicted octanol–water partition coefficient (Wildman–Crippen LogP) is 2.75. The van der Waals surface area contributed by atoms with E-state index in [1.807, 2.05) is 19.9 Å². The van der Waals surface area contributed by atoms with Crippen molar-refractivity contribution in [3.63, 3.8) is 0 Å². The van der Waals surface area contributed by atoms with Crippen LogP contribution in [-0.4, -0.2) is 56.9 Å². The number of benzene rings is 2. The maximum absolute atomic E-state index is 12.7. The number of esters is 1. The summed E-state index contributed by atoms with van der Waals surface area (Å²) in [6, 6.07) is 10.9. The molecule has 3 rings (SSSR count). The maximum atomic E-state index is 12.7. The van der Waals surface area contributed by atoms with Gasteiger partial charge in [-0.15, -0.1) is 0 Å². The number of nitrogens with zero attached hydrogens (tertiary/aromatic N) is 1. The van der Waals surface area contributed by atoms with Gasteiger partial charge in [-0.25, -0.2) is 13.2 Å². The predicted molar refractivity (Wildman–Crippen MR) is 111 cm³/mol. The lowest BCUT2D eigenvalue weighted by Crippen LogP contribution is -2.40. The number of ether oxygens (including phenoxy) is 2. The summed E-state index contributed by atoms with van der Waals surface area (Å²) in [5.41, 5.74) is 2.71. The van der Waals surface area contributed by atoms with E-state index in [1.165, 1.54) is 35.5 Å². The third-order valence-corrected chi connectivity index (χ3v) is 7.06. The number of hydrogen-bond donors (Lipinski definition) is 0. The molecule has 1 atom stereocenters. The highest BCUT2D eigenvalue weighted by Gasteiger charge is 2.27. The van der Waals surface area contributed by atoms with Crippen LogP contribution in [0.15, 0.2) is 47.4 Å². The highest BCUT2D eigenvalue weighted by molar-refractivity contribution is 7.89. The summed E-state index contributed by atoms with van der Waals surface area (Å²) in [6.07, 6.45) is -0.962. The molecule has 7 nitrogen and oxygen atoms in total. The Balaban J connectivity index is 1.68. The van der Waals surface area contributed by atoms with Gasteiger partial charge in [-0.3, -0.25) is 4.79 Å². The molecule has 0 amide bonds. The van der Waals surface area contributed by atoms with Gasteiger partial charge >= 0.3 is 5.97 Å². The summed E-state index contributed by atoms with van der Waals surface area (Å²) >= 11 is 0. The van der Waals surface area contributed by atoms with Crippen LogP contribution in [0.3, 0.4) is 0 Å². The Morgan fingerprint density at radius 3 is 2.17 bits per heavy atom. The van der Waals surface area contributed by atoms with Gasteiger partial charge in [-0.2, -0.15) is 4.31 Å². The van der Waals surface area contributed by atoms with E-state index in [0.29, 0.717) is 31.9 Å². The normalized spacial score (nSPS) is 16.1. The summed E-state index contributed by atoms with van der Waals surface area (Å²) in [4.78, 5) is 25.1. The van der Waals surface area contributed by atoms with Crippen LogP contribution < -0.4 is 0 Å². The molecule has 2 aromatic rings. The highest BCUT2D eigenvalue weighted by atomic mass is 32.2. The minimum atomic E-state index is -3.64. The summed E-state index contributed by atoms with van der Waals surface area (Å²) < 4.78 is 37.1. The van der Waals surface area contributed by atoms with Crippen molar-refractivity contribution >= 4 is 21.8 Å². The zero-order valence-corrected chi connectivity index (χ0v) is 18.1. The van der Waals surface area contributed by atoms with Crippen LogP contribution in [-0.2, 0) is 19.5 Å². The first-order chi connectivity index (χ1) is 14.2. The van der Waals surface area contributed by atoms with E-state index in [2.05, 4.69) is 0 Å². The number of carbonyl (C=O) groups excluding carboxylic acids is 2. The largest absolute Gasteiger partial charge is 0.451 e. The number of rotatable bonds is 6. The van der Waals surface area contributed by atoms with E-state index in [9.17, 15) is 18.0 Å². The third kappa shape index (κ3) is 4.77. The van der Waals surface area contributed by atoms with Crippen molar-refractivity contribution in [3.05, 3.63) is 64.7 Å². The Hall–Kier alpha value is -2.55. The minimum absolute atomic E-state index is 0.0974. The second-order valence-electron chi connectivity index (χ2n) is 7.25. The van der Waals surface area contributed by atoms with E-state index in [4.69, 9.17) is 9.47 Å². The first-order valence-corrected chi connectivity index (χ1v) is 11.1. The SMILES string of the molecule is Cc1ccc(C(=O)C(C)OC(=O)c2ccc(S(=O)(=O)N3CCOCC3)cc2)cc1C. The van der Waals surface area contributed by atoms with E-state index >= 15 is 0 Å². The van der Waals surface area contributed by atoms with Gasteiger partial charge in [-0.1, -0.05) is 12.1 Å². The van der Waals surface area contributed by atoms with Crippen molar-refractivity contribution in [3.8, 4) is 0 Å². The lowest BCUT2D eigenvalue weighted by atomic mass is 10.0. The third-order valence-electron chi connectivity index (χ3n) is 5.14. The first kappa shape index (κ1) is 22.1. The molecule has 1 unspecified atom stereocenters. The molecule has 1 fully saturated rings. The van der Waals surface area contributed by atoms with Gasteiger partial charge in [0.1, 0.15) is 0 Å². The molecule has 0 aromatic heterocycles. The summed E-state index contributed by atoms with van der Waals surface area (Å²) in [6.45, 7) is 6.69. The van der Waals surface area contributed by atoms with Crippen molar-refractivity contribution < 1.29 is 27.5 Å². The van der Waals surface area contributed by atoms with E-state index in [0.717, 1.165) is 11.1 Å². The number of aryl methyl sites for hydroxylation is 2. The van der Waals surface area contributed by atoms with Crippen molar-refractivity contribution in [2.45, 2.75) is 31.8 Å². The van der Waals surface area contributed by atoms with Gasteiger partial charge in [0.05, 0.1) is 23.7 Å². The zero-order valence-electron chi connectivity index (χ0n) is 17.3. The standard InChI is InChI=1S/C22H25NO6S/c1-15-4-5-19(14-16(15)2)21(24)17(3)29-22(25)18-6-8-20(9-7-18)30(26,27)23-10-12-28-13-11-23/h4-9,14,17H,10-13H2,1-3H3. The van der Waals surface area contributed by atoms with Gasteiger partial charge in [0.15, 0.2) is 6.10 Å². The van der Waals surface area contributed by atoms with Crippen LogP contribution in [0.1, 0.15) is 38.8 Å². The number of ketones is 1. The molecule has 0 radical (unpaired) electrons. The van der Waals surface area contributed by atoms with Crippen molar-refractivity contribution in [2.75, 3.05) is 26.3 Å². The Labute approximate surface area is 176 Å². The monoisotopic (exact) mass is 431 g/mol. The molecule has 0 aliphatic carbocycles. The quantitative estimate of drug-likeness (QED) is 0.516. The molecule has 0 bridgehead atoms. The Morgan fingerprint density at radius 1 is 0.967 bits per heavy atom. The van der Waals surface area contributed by atoms with Crippen LogP contribution in [0.4, 0.5) is 0 Å². The van der Waals surface area contributed by atoms with Crippen LogP contribution in [0, 0.1) is 13.8 Å². The van der Waals surface area contributed by atoms with Gasteiger partial charge in [0.2, 0.25) is 15.8 Å². The molecule has 0 saturated carbocycles. The molecule has 1 aliphatic rings. The van der Waals surface area contributed by atoms with Gasteiger partial charge in [0.25, 0.3) is 0 Å². The second-order valence-corrected chi connectivity index (χ2v) is 9.19. The minimum Gasteiger partial charge on any atom is -0.451 e. The topological polar surface area (TPSA) is 90.0 Å². The zero-order chi connectivity index (χ0) is 21.9. The summed E-state index contributed by atoms with van der Waals surface area (Å²) in [5.74, 6) is -0.979. The van der Waals surface area contributed by atoms with Crippen LogP contribution in [0.2, 0.25) is 0 Å². The lowest BCUT2D eigenvalue weighted by Gasteiger charge is -2.26. The van der Waals surface area contributed by atoms with Crippen molar-refractivity contribution in [1.29, 1.82) is 0 Å². The van der Waals surface area contributed by atoms with Crippen molar-refractivity contribution in [1.82, 2.24) is 4.31 Å². The van der Waals surface area contributed by atoms with Crippen LogP contribution in [0.5, 0.6) is 0 Å². The Morgan fingerprint density at radius 2 is 1.57 bits per heavy atom. The summed E-state index contributed by atoms with van der Waals surface area (Å²) in [7, 11) is -3.64. The molecular formula is C22H25NO6S. The molecular weight excluding hydrogens is 406 g/mol. The molecule has 0 spiro atoms. The lowest BCUT2D eigenvalue weighted by molar-refractivity contribution is 0.0318. The molecule has 160 valence electrons. The first-order valence-electron chi connectivity index (χ1n) is 9.70. The number of carbonyl (C=O) groups is 2. The van der Waals surface area contributed by atoms with Crippen LogP contribution >= 0.6 is 0 Å². The van der Waals surface area contributed by atoms with Gasteiger partial charge in [0, 0.05) is 18.7 Å². The second kappa shape index (κ2) is 9.07. The smallest absolute Gasteiger partial charge is 0.338 e.